The van der Waals surface area contributed by atoms with Gasteiger partial charge in [0, 0.05) is 0 Å². The molecule has 1 saturated carbocycles. The molecule has 3 aromatic rings. The predicted molar refractivity (Wildman–Crippen MR) is 190 cm³/mol. The molecule has 0 aromatic heterocycles. The van der Waals surface area contributed by atoms with Crippen LogP contribution in [0.2, 0.25) is 0 Å². The minimum absolute atomic E-state index is 0.189. The molecule has 0 bridgehead atoms. The molecule has 1 unspecified atom stereocenters. The quantitative estimate of drug-likeness (QED) is 0.125. The van der Waals surface area contributed by atoms with Gasteiger partial charge in [-0.25, -0.2) is 9.59 Å². The van der Waals surface area contributed by atoms with Gasteiger partial charge in [-0.05, 0) is 96.5 Å². The fraction of sp³-hybridized carbons (Fsp3) is 0.524. The summed E-state index contributed by atoms with van der Waals surface area (Å²) in [6.07, 6.45) is 9.37. The molecular weight excluding hydrogens is 616 g/mol. The maximum Gasteiger partial charge on any atom is 0.338 e. The van der Waals surface area contributed by atoms with Crippen molar-refractivity contribution in [1.29, 1.82) is 0 Å². The summed E-state index contributed by atoms with van der Waals surface area (Å²) < 4.78 is 29.4. The van der Waals surface area contributed by atoms with Gasteiger partial charge < -0.3 is 23.7 Å². The van der Waals surface area contributed by atoms with Crippen LogP contribution in [0.25, 0.3) is 11.1 Å². The van der Waals surface area contributed by atoms with E-state index in [1.54, 1.807) is 12.1 Å². The van der Waals surface area contributed by atoms with E-state index in [-0.39, 0.29) is 13.2 Å². The van der Waals surface area contributed by atoms with Gasteiger partial charge in [0.15, 0.2) is 12.2 Å². The number of fused-ring (bicyclic) bond motifs is 1. The largest absolute Gasteiger partial charge is 0.493 e. The van der Waals surface area contributed by atoms with E-state index in [2.05, 4.69) is 32.9 Å². The third-order valence-corrected chi connectivity index (χ3v) is 10.7. The lowest BCUT2D eigenvalue weighted by Crippen LogP contribution is -2.36. The SMILES string of the molecule is CCCCCC1CCC(c2ccc(C(=O)O[C@H]3CO[C@@H]4[C@H]3OC[C@H]4OC(=O)c3ccc(-c4ccc(OCC(C)CC)cc4)cc3)cc2)CC1. The van der Waals surface area contributed by atoms with Crippen LogP contribution in [-0.2, 0) is 18.9 Å². The summed E-state index contributed by atoms with van der Waals surface area (Å²) in [6, 6.07) is 23.3. The molecule has 2 heterocycles. The van der Waals surface area contributed by atoms with E-state index in [1.165, 1.54) is 56.9 Å². The van der Waals surface area contributed by atoms with Crippen LogP contribution in [0.3, 0.4) is 0 Å². The first-order chi connectivity index (χ1) is 23.9. The van der Waals surface area contributed by atoms with Gasteiger partial charge in [-0.3, -0.25) is 0 Å². The molecule has 2 aliphatic heterocycles. The molecule has 0 radical (unpaired) electrons. The third kappa shape index (κ3) is 8.92. The second-order valence-corrected chi connectivity index (χ2v) is 14.2. The van der Waals surface area contributed by atoms with Crippen LogP contribution in [0.5, 0.6) is 5.75 Å². The minimum Gasteiger partial charge on any atom is -0.493 e. The smallest absolute Gasteiger partial charge is 0.338 e. The Bertz CT molecular complexity index is 1490. The topological polar surface area (TPSA) is 80.3 Å². The number of hydrogen-bond acceptors (Lipinski definition) is 7. The van der Waals surface area contributed by atoms with E-state index in [0.717, 1.165) is 29.2 Å². The number of rotatable bonds is 14. The Labute approximate surface area is 291 Å². The summed E-state index contributed by atoms with van der Waals surface area (Å²) >= 11 is 0. The van der Waals surface area contributed by atoms with E-state index in [1.807, 2.05) is 48.5 Å². The molecule has 0 spiro atoms. The second-order valence-electron chi connectivity index (χ2n) is 14.2. The first-order valence-corrected chi connectivity index (χ1v) is 18.5. The summed E-state index contributed by atoms with van der Waals surface area (Å²) in [5, 5.41) is 0. The molecule has 0 amide bonds. The van der Waals surface area contributed by atoms with Crippen molar-refractivity contribution in [3.8, 4) is 16.9 Å². The number of benzene rings is 3. The predicted octanol–water partition coefficient (Wildman–Crippen LogP) is 9.18. The lowest BCUT2D eigenvalue weighted by molar-refractivity contribution is -0.0287. The zero-order valence-corrected chi connectivity index (χ0v) is 29.3. The summed E-state index contributed by atoms with van der Waals surface area (Å²) in [4.78, 5) is 26.1. The summed E-state index contributed by atoms with van der Waals surface area (Å²) in [5.74, 6) is 1.97. The van der Waals surface area contributed by atoms with Gasteiger partial charge in [-0.1, -0.05) is 89.3 Å². The van der Waals surface area contributed by atoms with Crippen molar-refractivity contribution in [3.05, 3.63) is 89.5 Å². The third-order valence-electron chi connectivity index (χ3n) is 10.7. The van der Waals surface area contributed by atoms with Crippen LogP contribution in [0.1, 0.15) is 111 Å². The number of unbranched alkanes of at least 4 members (excludes halogenated alkanes) is 2. The van der Waals surface area contributed by atoms with Crippen LogP contribution >= 0.6 is 0 Å². The van der Waals surface area contributed by atoms with Gasteiger partial charge in [-0.2, -0.15) is 0 Å². The van der Waals surface area contributed by atoms with E-state index in [0.29, 0.717) is 29.6 Å². The normalized spacial score (nSPS) is 25.4. The Balaban J connectivity index is 0.957. The van der Waals surface area contributed by atoms with Crippen molar-refractivity contribution in [3.63, 3.8) is 0 Å². The van der Waals surface area contributed by atoms with Crippen LogP contribution in [-0.4, -0.2) is 56.2 Å². The summed E-state index contributed by atoms with van der Waals surface area (Å²) in [5.41, 5.74) is 4.31. The zero-order chi connectivity index (χ0) is 34.2. The first kappa shape index (κ1) is 35.2. The molecule has 3 aromatic carbocycles. The average Bonchev–Trinajstić information content (AvgIpc) is 3.74. The van der Waals surface area contributed by atoms with Crippen molar-refractivity contribution in [2.24, 2.45) is 11.8 Å². The number of carbonyl (C=O) groups is 2. The molecule has 3 aliphatic rings. The van der Waals surface area contributed by atoms with E-state index < -0.39 is 36.4 Å². The molecule has 5 atom stereocenters. The zero-order valence-electron chi connectivity index (χ0n) is 29.3. The van der Waals surface area contributed by atoms with Crippen molar-refractivity contribution in [2.75, 3.05) is 19.8 Å². The number of ether oxygens (including phenoxy) is 5. The number of carbonyl (C=O) groups excluding carboxylic acids is 2. The molecule has 1 aliphatic carbocycles. The number of esters is 2. The molecule has 7 heteroatoms. The molecule has 49 heavy (non-hydrogen) atoms. The van der Waals surface area contributed by atoms with Crippen molar-refractivity contribution in [1.82, 2.24) is 0 Å². The minimum atomic E-state index is -0.579. The monoisotopic (exact) mass is 668 g/mol. The average molecular weight is 669 g/mol. The fourth-order valence-electron chi connectivity index (χ4n) is 7.30. The summed E-state index contributed by atoms with van der Waals surface area (Å²) in [7, 11) is 0. The highest BCUT2D eigenvalue weighted by atomic mass is 16.7. The maximum atomic E-state index is 13.1. The van der Waals surface area contributed by atoms with Crippen molar-refractivity contribution < 1.29 is 33.3 Å². The van der Waals surface area contributed by atoms with Crippen LogP contribution < -0.4 is 4.74 Å². The Morgan fingerprint density at radius 1 is 0.714 bits per heavy atom. The van der Waals surface area contributed by atoms with Gasteiger partial charge in [0.05, 0.1) is 30.9 Å². The highest BCUT2D eigenvalue weighted by molar-refractivity contribution is 5.90. The first-order valence-electron chi connectivity index (χ1n) is 18.5. The maximum absolute atomic E-state index is 13.1. The Morgan fingerprint density at radius 3 is 1.78 bits per heavy atom. The van der Waals surface area contributed by atoms with Gasteiger partial charge >= 0.3 is 11.9 Å². The van der Waals surface area contributed by atoms with Crippen LogP contribution in [0, 0.1) is 11.8 Å². The van der Waals surface area contributed by atoms with Gasteiger partial charge in [0.25, 0.3) is 0 Å². The highest BCUT2D eigenvalue weighted by Crippen LogP contribution is 2.38. The highest BCUT2D eigenvalue weighted by Gasteiger charge is 2.51. The van der Waals surface area contributed by atoms with E-state index in [4.69, 9.17) is 23.7 Å². The van der Waals surface area contributed by atoms with Gasteiger partial charge in [0.1, 0.15) is 18.0 Å². The Hall–Kier alpha value is -3.68. The Morgan fingerprint density at radius 2 is 1.24 bits per heavy atom. The van der Waals surface area contributed by atoms with E-state index in [9.17, 15) is 9.59 Å². The van der Waals surface area contributed by atoms with Crippen LogP contribution in [0.4, 0.5) is 0 Å². The fourth-order valence-corrected chi connectivity index (χ4v) is 7.30. The molecule has 3 fully saturated rings. The molecular formula is C42H52O7. The van der Waals surface area contributed by atoms with Gasteiger partial charge in [0.2, 0.25) is 0 Å². The van der Waals surface area contributed by atoms with Crippen molar-refractivity contribution >= 4 is 11.9 Å². The molecule has 2 saturated heterocycles. The van der Waals surface area contributed by atoms with E-state index >= 15 is 0 Å². The van der Waals surface area contributed by atoms with Crippen molar-refractivity contribution in [2.45, 2.75) is 109 Å². The van der Waals surface area contributed by atoms with Gasteiger partial charge in [-0.15, -0.1) is 0 Å². The lowest BCUT2D eigenvalue weighted by atomic mass is 9.77. The molecule has 6 rings (SSSR count). The summed E-state index contributed by atoms with van der Waals surface area (Å²) in [6.45, 7) is 7.69. The molecule has 0 N–H and O–H groups in total. The molecule has 7 nitrogen and oxygen atoms in total. The lowest BCUT2D eigenvalue weighted by Gasteiger charge is -2.29. The standard InChI is InChI=1S/C42H52O7/c1-4-6-7-8-29-9-11-30(12-10-29)31-13-17-34(18-14-31)41(43)48-37-26-46-40-38(27-47-39(37)40)49-42(44)35-19-15-32(16-20-35)33-21-23-36(24-22-33)45-25-28(3)5-2/h13-24,28-30,37-40H,4-12,25-27H2,1-3H3/t28?,29?,30?,37-,38+,39-,40-/m0/s1. The molecule has 262 valence electrons. The number of hydrogen-bond donors (Lipinski definition) is 0. The van der Waals surface area contributed by atoms with Crippen LogP contribution in [0.15, 0.2) is 72.8 Å². The Kier molecular flexibility index (Phi) is 12.1. The second kappa shape index (κ2) is 16.8.